The van der Waals surface area contributed by atoms with E-state index in [4.69, 9.17) is 11.6 Å². The van der Waals surface area contributed by atoms with Gasteiger partial charge in [-0.1, -0.05) is 29.8 Å². The number of halogens is 1. The number of amides is 2. The molecule has 1 fully saturated rings. The summed E-state index contributed by atoms with van der Waals surface area (Å²) in [6, 6.07) is 14.1. The Labute approximate surface area is 173 Å². The van der Waals surface area contributed by atoms with E-state index < -0.39 is 6.04 Å². The van der Waals surface area contributed by atoms with Gasteiger partial charge in [0, 0.05) is 10.7 Å². The number of carbonyl (C=O) groups excluding carboxylic acids is 2. The van der Waals surface area contributed by atoms with Crippen molar-refractivity contribution in [3.8, 4) is 0 Å². The van der Waals surface area contributed by atoms with Gasteiger partial charge in [0.05, 0.1) is 5.69 Å². The third kappa shape index (κ3) is 3.21. The van der Waals surface area contributed by atoms with Crippen LogP contribution in [0.25, 0.3) is 0 Å². The number of para-hydroxylation sites is 1. The summed E-state index contributed by atoms with van der Waals surface area (Å²) in [5.41, 5.74) is 4.25. The Balaban J connectivity index is 1.83. The number of nitrogens with zero attached hydrogens (tertiary/aromatic N) is 2. The summed E-state index contributed by atoms with van der Waals surface area (Å²) in [4.78, 5) is 30.1. The molecule has 0 radical (unpaired) electrons. The van der Waals surface area contributed by atoms with Crippen LogP contribution < -0.4 is 9.80 Å². The van der Waals surface area contributed by atoms with Gasteiger partial charge in [0.2, 0.25) is 5.91 Å². The van der Waals surface area contributed by atoms with Gasteiger partial charge in [-0.3, -0.25) is 14.5 Å². The SMILES string of the molecule is Cc1cccc(C)c1N1CC(=O)N(c2ccc(Cl)cc2)C(c2ccsc2)C1=O. The third-order valence-electron chi connectivity index (χ3n) is 4.99. The number of carbonyl (C=O) groups is 2. The number of aryl methyl sites for hydroxylation is 2. The minimum Gasteiger partial charge on any atom is -0.300 e. The summed E-state index contributed by atoms with van der Waals surface area (Å²) in [6.07, 6.45) is 0. The van der Waals surface area contributed by atoms with Gasteiger partial charge < -0.3 is 4.90 Å². The zero-order valence-electron chi connectivity index (χ0n) is 15.6. The highest BCUT2D eigenvalue weighted by Gasteiger charge is 2.42. The molecule has 142 valence electrons. The van der Waals surface area contributed by atoms with Crippen LogP contribution in [0.2, 0.25) is 5.02 Å². The molecule has 0 aliphatic carbocycles. The molecular formula is C22H19ClN2O2S. The van der Waals surface area contributed by atoms with E-state index in [-0.39, 0.29) is 18.4 Å². The molecule has 1 atom stereocenters. The Morgan fingerprint density at radius 3 is 2.29 bits per heavy atom. The van der Waals surface area contributed by atoms with Crippen molar-refractivity contribution in [2.24, 2.45) is 0 Å². The van der Waals surface area contributed by atoms with Gasteiger partial charge in [-0.25, -0.2) is 0 Å². The molecule has 1 unspecified atom stereocenters. The predicted molar refractivity (Wildman–Crippen MR) is 114 cm³/mol. The predicted octanol–water partition coefficient (Wildman–Crippen LogP) is 5.14. The van der Waals surface area contributed by atoms with Crippen molar-refractivity contribution in [2.75, 3.05) is 16.3 Å². The maximum atomic E-state index is 13.6. The normalized spacial score (nSPS) is 17.3. The highest BCUT2D eigenvalue weighted by atomic mass is 35.5. The lowest BCUT2D eigenvalue weighted by Crippen LogP contribution is -2.56. The molecule has 0 saturated carbocycles. The lowest BCUT2D eigenvalue weighted by atomic mass is 10.00. The molecule has 1 aromatic heterocycles. The molecule has 0 spiro atoms. The van der Waals surface area contributed by atoms with Gasteiger partial charge in [0.1, 0.15) is 12.6 Å². The number of hydrogen-bond acceptors (Lipinski definition) is 3. The van der Waals surface area contributed by atoms with Gasteiger partial charge >= 0.3 is 0 Å². The highest BCUT2D eigenvalue weighted by Crippen LogP contribution is 2.37. The summed E-state index contributed by atoms with van der Waals surface area (Å²) in [6.45, 7) is 3.93. The van der Waals surface area contributed by atoms with Gasteiger partial charge in [-0.15, -0.1) is 0 Å². The number of hydrogen-bond donors (Lipinski definition) is 0. The number of piperazine rings is 1. The zero-order valence-corrected chi connectivity index (χ0v) is 17.1. The monoisotopic (exact) mass is 410 g/mol. The Kier molecular flexibility index (Phi) is 4.96. The highest BCUT2D eigenvalue weighted by molar-refractivity contribution is 7.08. The zero-order chi connectivity index (χ0) is 19.8. The average Bonchev–Trinajstić information content (AvgIpc) is 3.19. The van der Waals surface area contributed by atoms with Crippen LogP contribution in [-0.4, -0.2) is 18.4 Å². The standard InChI is InChI=1S/C22H19ClN2O2S/c1-14-4-3-5-15(2)20(14)24-12-19(26)25(18-8-6-17(23)7-9-18)21(22(24)27)16-10-11-28-13-16/h3-11,13,21H,12H2,1-2H3. The van der Waals surface area contributed by atoms with Crippen molar-refractivity contribution in [3.05, 3.63) is 81.0 Å². The molecule has 1 aliphatic heterocycles. The van der Waals surface area contributed by atoms with Crippen LogP contribution in [0.15, 0.2) is 59.3 Å². The Hall–Kier alpha value is -2.63. The van der Waals surface area contributed by atoms with Gasteiger partial charge in [0.15, 0.2) is 0 Å². The van der Waals surface area contributed by atoms with Gasteiger partial charge in [-0.2, -0.15) is 11.3 Å². The van der Waals surface area contributed by atoms with Crippen molar-refractivity contribution in [2.45, 2.75) is 19.9 Å². The Morgan fingerprint density at radius 1 is 1.00 bits per heavy atom. The first-order valence-corrected chi connectivity index (χ1v) is 10.3. The van der Waals surface area contributed by atoms with Crippen molar-refractivity contribution in [3.63, 3.8) is 0 Å². The lowest BCUT2D eigenvalue weighted by Gasteiger charge is -2.41. The van der Waals surface area contributed by atoms with Crippen molar-refractivity contribution >= 4 is 46.1 Å². The number of rotatable bonds is 3. The van der Waals surface area contributed by atoms with Gasteiger partial charge in [0.25, 0.3) is 5.91 Å². The molecular weight excluding hydrogens is 392 g/mol. The van der Waals surface area contributed by atoms with Crippen LogP contribution >= 0.6 is 22.9 Å². The van der Waals surface area contributed by atoms with Crippen LogP contribution in [-0.2, 0) is 9.59 Å². The second-order valence-electron chi connectivity index (χ2n) is 6.86. The largest absolute Gasteiger partial charge is 0.300 e. The number of anilines is 2. The molecule has 4 rings (SSSR count). The van der Waals surface area contributed by atoms with Crippen LogP contribution in [0.3, 0.4) is 0 Å². The molecule has 0 N–H and O–H groups in total. The molecule has 2 heterocycles. The molecule has 1 saturated heterocycles. The topological polar surface area (TPSA) is 40.6 Å². The smallest absolute Gasteiger partial charge is 0.255 e. The van der Waals surface area contributed by atoms with Crippen molar-refractivity contribution in [1.82, 2.24) is 0 Å². The molecule has 0 bridgehead atoms. The van der Waals surface area contributed by atoms with E-state index >= 15 is 0 Å². The van der Waals surface area contributed by atoms with Crippen LogP contribution in [0.5, 0.6) is 0 Å². The van der Waals surface area contributed by atoms with E-state index in [1.54, 1.807) is 34.1 Å². The summed E-state index contributed by atoms with van der Waals surface area (Å²) in [5.74, 6) is -0.230. The summed E-state index contributed by atoms with van der Waals surface area (Å²) in [7, 11) is 0. The molecule has 3 aromatic rings. The molecule has 4 nitrogen and oxygen atoms in total. The van der Waals surface area contributed by atoms with Crippen molar-refractivity contribution < 1.29 is 9.59 Å². The fraction of sp³-hybridized carbons (Fsp3) is 0.182. The molecule has 6 heteroatoms. The average molecular weight is 411 g/mol. The second kappa shape index (κ2) is 7.41. The van der Waals surface area contributed by atoms with Crippen molar-refractivity contribution in [1.29, 1.82) is 0 Å². The van der Waals surface area contributed by atoms with E-state index in [9.17, 15) is 9.59 Å². The third-order valence-corrected chi connectivity index (χ3v) is 5.95. The second-order valence-corrected chi connectivity index (χ2v) is 8.08. The fourth-order valence-corrected chi connectivity index (χ4v) is 4.53. The van der Waals surface area contributed by atoms with Crippen LogP contribution in [0.1, 0.15) is 22.7 Å². The summed E-state index contributed by atoms with van der Waals surface area (Å²) < 4.78 is 0. The van der Waals surface area contributed by atoms with Crippen LogP contribution in [0, 0.1) is 13.8 Å². The van der Waals surface area contributed by atoms with Gasteiger partial charge in [-0.05, 0) is 71.6 Å². The first kappa shape index (κ1) is 18.7. The van der Waals surface area contributed by atoms with E-state index in [1.807, 2.05) is 48.9 Å². The summed E-state index contributed by atoms with van der Waals surface area (Å²) >= 11 is 7.52. The molecule has 2 aromatic carbocycles. The molecule has 2 amide bonds. The van der Waals surface area contributed by atoms with E-state index in [0.29, 0.717) is 10.7 Å². The number of benzene rings is 2. The fourth-order valence-electron chi connectivity index (χ4n) is 3.73. The first-order valence-electron chi connectivity index (χ1n) is 8.94. The van der Waals surface area contributed by atoms with Crippen LogP contribution in [0.4, 0.5) is 11.4 Å². The molecule has 1 aliphatic rings. The first-order chi connectivity index (χ1) is 13.5. The Morgan fingerprint density at radius 2 is 1.68 bits per heavy atom. The lowest BCUT2D eigenvalue weighted by molar-refractivity contribution is -0.128. The molecule has 28 heavy (non-hydrogen) atoms. The Bertz CT molecular complexity index is 1010. The minimum atomic E-state index is -0.701. The maximum absolute atomic E-state index is 13.6. The van der Waals surface area contributed by atoms with E-state index in [0.717, 1.165) is 22.4 Å². The summed E-state index contributed by atoms with van der Waals surface area (Å²) in [5, 5.41) is 4.43. The minimum absolute atomic E-state index is 0.00773. The van der Waals surface area contributed by atoms with E-state index in [1.165, 1.54) is 11.3 Å². The van der Waals surface area contributed by atoms with E-state index in [2.05, 4.69) is 0 Å². The number of thiophene rings is 1. The quantitative estimate of drug-likeness (QED) is 0.599. The maximum Gasteiger partial charge on any atom is 0.255 e.